The lowest BCUT2D eigenvalue weighted by atomic mass is 10.1. The minimum atomic E-state index is -0.263. The molecule has 4 heteroatoms. The van der Waals surface area contributed by atoms with E-state index in [0.717, 1.165) is 11.1 Å². The van der Waals surface area contributed by atoms with Crippen LogP contribution in [0.2, 0.25) is 0 Å². The Bertz CT molecular complexity index is 621. The van der Waals surface area contributed by atoms with Crippen molar-refractivity contribution < 1.29 is 9.59 Å². The molecule has 0 fully saturated rings. The minimum Gasteiger partial charge on any atom is -0.338 e. The van der Waals surface area contributed by atoms with Crippen molar-refractivity contribution in [3.63, 3.8) is 0 Å². The van der Waals surface area contributed by atoms with E-state index < -0.39 is 0 Å². The number of aryl methyl sites for hydroxylation is 1. The molecule has 2 aromatic rings. The van der Waals surface area contributed by atoms with Crippen LogP contribution in [0, 0.1) is 6.92 Å². The van der Waals surface area contributed by atoms with Gasteiger partial charge in [0.2, 0.25) is 0 Å². The average molecular weight is 296 g/mol. The number of nitrogens with one attached hydrogen (secondary N) is 2. The van der Waals surface area contributed by atoms with Gasteiger partial charge >= 0.3 is 6.03 Å². The van der Waals surface area contributed by atoms with Crippen LogP contribution in [-0.2, 0) is 6.54 Å². The molecule has 0 aliphatic carbocycles. The standard InChI is InChI=1S/C18H20N2O2/c1-14-7-9-16(10-8-14)17(21)11-12-19-18(22)20-13-15-5-3-2-4-6-15/h2-10H,11-13H2,1H3,(H2,19,20,22). The van der Waals surface area contributed by atoms with Crippen LogP contribution in [0.15, 0.2) is 54.6 Å². The summed E-state index contributed by atoms with van der Waals surface area (Å²) in [6.45, 7) is 2.78. The summed E-state index contributed by atoms with van der Waals surface area (Å²) in [5.41, 5.74) is 2.83. The predicted molar refractivity (Wildman–Crippen MR) is 86.8 cm³/mol. The fourth-order valence-electron chi connectivity index (χ4n) is 2.01. The van der Waals surface area contributed by atoms with Gasteiger partial charge in [-0.25, -0.2) is 4.79 Å². The molecule has 114 valence electrons. The topological polar surface area (TPSA) is 58.2 Å². The Morgan fingerprint density at radius 2 is 1.59 bits per heavy atom. The van der Waals surface area contributed by atoms with E-state index in [0.29, 0.717) is 25.1 Å². The molecule has 0 heterocycles. The summed E-state index contributed by atoms with van der Waals surface area (Å²) in [6, 6.07) is 16.9. The molecule has 2 amide bonds. The number of carbonyl (C=O) groups excluding carboxylic acids is 2. The van der Waals surface area contributed by atoms with Gasteiger partial charge in [-0.3, -0.25) is 4.79 Å². The van der Waals surface area contributed by atoms with E-state index >= 15 is 0 Å². The third kappa shape index (κ3) is 5.05. The fraction of sp³-hybridized carbons (Fsp3) is 0.222. The number of amides is 2. The van der Waals surface area contributed by atoms with Gasteiger partial charge in [0.25, 0.3) is 0 Å². The second kappa shape index (κ2) is 7.98. The number of hydrogen-bond acceptors (Lipinski definition) is 2. The van der Waals surface area contributed by atoms with Crippen LogP contribution in [0.5, 0.6) is 0 Å². The largest absolute Gasteiger partial charge is 0.338 e. The van der Waals surface area contributed by atoms with Gasteiger partial charge in [-0.15, -0.1) is 0 Å². The highest BCUT2D eigenvalue weighted by Crippen LogP contribution is 2.05. The van der Waals surface area contributed by atoms with Crippen LogP contribution in [0.1, 0.15) is 27.9 Å². The molecule has 2 aromatic carbocycles. The lowest BCUT2D eigenvalue weighted by Gasteiger charge is -2.07. The van der Waals surface area contributed by atoms with Crippen LogP contribution in [0.3, 0.4) is 0 Å². The smallest absolute Gasteiger partial charge is 0.315 e. The zero-order chi connectivity index (χ0) is 15.8. The molecular weight excluding hydrogens is 276 g/mol. The molecule has 2 N–H and O–H groups in total. The van der Waals surface area contributed by atoms with Gasteiger partial charge in [0, 0.05) is 25.1 Å². The number of benzene rings is 2. The van der Waals surface area contributed by atoms with E-state index in [1.807, 2.05) is 61.5 Å². The van der Waals surface area contributed by atoms with Crippen molar-refractivity contribution in [3.05, 3.63) is 71.3 Å². The SMILES string of the molecule is Cc1ccc(C(=O)CCNC(=O)NCc2ccccc2)cc1. The van der Waals surface area contributed by atoms with Gasteiger partial charge in [0.05, 0.1) is 0 Å². The number of hydrogen-bond donors (Lipinski definition) is 2. The number of urea groups is 1. The second-order valence-corrected chi connectivity index (χ2v) is 5.13. The van der Waals surface area contributed by atoms with E-state index in [1.165, 1.54) is 0 Å². The molecule has 0 spiro atoms. The van der Waals surface area contributed by atoms with E-state index in [2.05, 4.69) is 10.6 Å². The first-order valence-corrected chi connectivity index (χ1v) is 7.30. The number of rotatable bonds is 6. The van der Waals surface area contributed by atoms with Crippen LogP contribution < -0.4 is 10.6 Å². The summed E-state index contributed by atoms with van der Waals surface area (Å²) in [4.78, 5) is 23.6. The monoisotopic (exact) mass is 296 g/mol. The van der Waals surface area contributed by atoms with Gasteiger partial charge in [-0.05, 0) is 12.5 Å². The van der Waals surface area contributed by atoms with Crippen LogP contribution in [0.25, 0.3) is 0 Å². The summed E-state index contributed by atoms with van der Waals surface area (Å²) in [5.74, 6) is 0.0309. The van der Waals surface area contributed by atoms with Gasteiger partial charge in [0.15, 0.2) is 5.78 Å². The third-order valence-electron chi connectivity index (χ3n) is 3.31. The first kappa shape index (κ1) is 15.8. The highest BCUT2D eigenvalue weighted by molar-refractivity contribution is 5.96. The Labute approximate surface area is 130 Å². The van der Waals surface area contributed by atoms with Gasteiger partial charge in [-0.2, -0.15) is 0 Å². The zero-order valence-corrected chi connectivity index (χ0v) is 12.6. The summed E-state index contributed by atoms with van der Waals surface area (Å²) in [7, 11) is 0. The Balaban J connectivity index is 1.68. The van der Waals surface area contributed by atoms with Crippen LogP contribution in [0.4, 0.5) is 4.79 Å². The Morgan fingerprint density at radius 1 is 0.909 bits per heavy atom. The van der Waals surface area contributed by atoms with Gasteiger partial charge < -0.3 is 10.6 Å². The lowest BCUT2D eigenvalue weighted by molar-refractivity contribution is 0.0983. The summed E-state index contributed by atoms with van der Waals surface area (Å²) in [6.07, 6.45) is 0.293. The van der Waals surface area contributed by atoms with E-state index in [4.69, 9.17) is 0 Å². The quantitative estimate of drug-likeness (QED) is 0.805. The minimum absolute atomic E-state index is 0.0309. The maximum absolute atomic E-state index is 11.9. The molecule has 0 saturated carbocycles. The van der Waals surface area contributed by atoms with Crippen molar-refractivity contribution in [2.45, 2.75) is 19.9 Å². The maximum Gasteiger partial charge on any atom is 0.315 e. The Kier molecular flexibility index (Phi) is 5.72. The molecule has 0 aliphatic heterocycles. The highest BCUT2D eigenvalue weighted by Gasteiger charge is 2.06. The van der Waals surface area contributed by atoms with Crippen molar-refractivity contribution in [2.24, 2.45) is 0 Å². The summed E-state index contributed by atoms with van der Waals surface area (Å²) >= 11 is 0. The van der Waals surface area contributed by atoms with E-state index in [1.54, 1.807) is 0 Å². The van der Waals surface area contributed by atoms with Gasteiger partial charge in [0.1, 0.15) is 0 Å². The average Bonchev–Trinajstić information content (AvgIpc) is 2.54. The second-order valence-electron chi connectivity index (χ2n) is 5.13. The highest BCUT2D eigenvalue weighted by atomic mass is 16.2. The lowest BCUT2D eigenvalue weighted by Crippen LogP contribution is -2.36. The summed E-state index contributed by atoms with van der Waals surface area (Å²) in [5, 5.41) is 5.45. The van der Waals surface area contributed by atoms with E-state index in [9.17, 15) is 9.59 Å². The number of ketones is 1. The molecular formula is C18H20N2O2. The van der Waals surface area contributed by atoms with Gasteiger partial charge in [-0.1, -0.05) is 60.2 Å². The van der Waals surface area contributed by atoms with Crippen molar-refractivity contribution in [1.82, 2.24) is 10.6 Å². The molecule has 2 rings (SSSR count). The molecule has 0 atom stereocenters. The van der Waals surface area contributed by atoms with Crippen molar-refractivity contribution in [2.75, 3.05) is 6.54 Å². The Morgan fingerprint density at radius 3 is 2.27 bits per heavy atom. The van der Waals surface area contributed by atoms with Crippen LogP contribution in [-0.4, -0.2) is 18.4 Å². The first-order chi connectivity index (χ1) is 10.6. The zero-order valence-electron chi connectivity index (χ0n) is 12.6. The van der Waals surface area contributed by atoms with Crippen molar-refractivity contribution in [1.29, 1.82) is 0 Å². The first-order valence-electron chi connectivity index (χ1n) is 7.30. The maximum atomic E-state index is 11.9. The molecule has 4 nitrogen and oxygen atoms in total. The third-order valence-corrected chi connectivity index (χ3v) is 3.31. The molecule has 0 saturated heterocycles. The predicted octanol–water partition coefficient (Wildman–Crippen LogP) is 3.07. The van der Waals surface area contributed by atoms with Crippen LogP contribution >= 0.6 is 0 Å². The normalized spacial score (nSPS) is 10.0. The number of carbonyl (C=O) groups is 2. The van der Waals surface area contributed by atoms with Crippen molar-refractivity contribution >= 4 is 11.8 Å². The molecule has 0 radical (unpaired) electrons. The number of Topliss-reactive ketones (excluding diaryl/α,β-unsaturated/α-hetero) is 1. The fourth-order valence-corrected chi connectivity index (χ4v) is 2.01. The summed E-state index contributed by atoms with van der Waals surface area (Å²) < 4.78 is 0. The molecule has 0 aromatic heterocycles. The van der Waals surface area contributed by atoms with E-state index in [-0.39, 0.29) is 11.8 Å². The molecule has 0 bridgehead atoms. The van der Waals surface area contributed by atoms with Crippen molar-refractivity contribution in [3.8, 4) is 0 Å². The molecule has 22 heavy (non-hydrogen) atoms. The molecule has 0 aliphatic rings. The molecule has 0 unspecified atom stereocenters. The Hall–Kier alpha value is -2.62.